The molecule has 0 aliphatic carbocycles. The highest BCUT2D eigenvalue weighted by atomic mass is 35.5. The number of esters is 1. The highest BCUT2D eigenvalue weighted by Gasteiger charge is 2.34. The number of nitrogens with zero attached hydrogens (tertiary/aromatic N) is 1. The predicted octanol–water partition coefficient (Wildman–Crippen LogP) is 3.39. The van der Waals surface area contributed by atoms with E-state index in [0.29, 0.717) is 17.9 Å². The summed E-state index contributed by atoms with van der Waals surface area (Å²) in [5.74, 6) is -0.595. The third-order valence-corrected chi connectivity index (χ3v) is 4.38. The molecule has 0 radical (unpaired) electrons. The van der Waals surface area contributed by atoms with Crippen molar-refractivity contribution in [3.8, 4) is 11.5 Å². The standard InChI is InChI=1S/C21H19ClN2O6/c1-3-29-17-11-13(9-15(22)19(17)30-12-18(25)28-2)10-16-20(26)24(21(27)23-16)14-7-5-4-6-8-14/h4-11H,3,12H2,1-2H3,(H,23,27). The van der Waals surface area contributed by atoms with E-state index in [4.69, 9.17) is 21.1 Å². The monoisotopic (exact) mass is 430 g/mol. The molecule has 0 bridgehead atoms. The summed E-state index contributed by atoms with van der Waals surface area (Å²) in [5, 5.41) is 2.73. The third kappa shape index (κ3) is 4.55. The fourth-order valence-corrected chi connectivity index (χ4v) is 3.05. The Morgan fingerprint density at radius 1 is 1.17 bits per heavy atom. The van der Waals surface area contributed by atoms with Crippen molar-refractivity contribution in [1.82, 2.24) is 5.32 Å². The minimum absolute atomic E-state index is 0.0885. The number of carbonyl (C=O) groups is 3. The van der Waals surface area contributed by atoms with E-state index in [1.54, 1.807) is 43.3 Å². The summed E-state index contributed by atoms with van der Waals surface area (Å²) >= 11 is 6.30. The second-order valence-electron chi connectivity index (χ2n) is 6.09. The van der Waals surface area contributed by atoms with E-state index in [9.17, 15) is 14.4 Å². The van der Waals surface area contributed by atoms with E-state index >= 15 is 0 Å². The summed E-state index contributed by atoms with van der Waals surface area (Å²) in [5.41, 5.74) is 1.06. The Morgan fingerprint density at radius 2 is 1.90 bits per heavy atom. The average Bonchev–Trinajstić information content (AvgIpc) is 3.01. The second kappa shape index (κ2) is 9.32. The van der Waals surface area contributed by atoms with Gasteiger partial charge in [-0.2, -0.15) is 0 Å². The number of methoxy groups -OCH3 is 1. The Balaban J connectivity index is 1.90. The summed E-state index contributed by atoms with van der Waals surface area (Å²) in [4.78, 5) is 37.4. The maximum absolute atomic E-state index is 12.7. The first-order valence-electron chi connectivity index (χ1n) is 9.02. The molecule has 3 rings (SSSR count). The van der Waals surface area contributed by atoms with Gasteiger partial charge in [0.1, 0.15) is 5.70 Å². The summed E-state index contributed by atoms with van der Waals surface area (Å²) in [7, 11) is 1.25. The van der Waals surface area contributed by atoms with Crippen LogP contribution in [-0.2, 0) is 14.3 Å². The lowest BCUT2D eigenvalue weighted by Gasteiger charge is -2.14. The van der Waals surface area contributed by atoms with Crippen LogP contribution in [0.1, 0.15) is 12.5 Å². The van der Waals surface area contributed by atoms with Gasteiger partial charge < -0.3 is 19.5 Å². The lowest BCUT2D eigenvalue weighted by molar-refractivity contribution is -0.142. The van der Waals surface area contributed by atoms with E-state index in [-0.39, 0.29) is 28.8 Å². The predicted molar refractivity (Wildman–Crippen MR) is 111 cm³/mol. The molecule has 2 aromatic rings. The SMILES string of the molecule is CCOc1cc(C=C2NC(=O)N(c3ccccc3)C2=O)cc(Cl)c1OCC(=O)OC. The third-order valence-electron chi connectivity index (χ3n) is 4.10. The zero-order valence-corrected chi connectivity index (χ0v) is 17.1. The second-order valence-corrected chi connectivity index (χ2v) is 6.50. The molecule has 0 saturated carbocycles. The van der Waals surface area contributed by atoms with Gasteiger partial charge in [0, 0.05) is 0 Å². The van der Waals surface area contributed by atoms with Gasteiger partial charge in [0.05, 0.1) is 24.4 Å². The zero-order valence-electron chi connectivity index (χ0n) is 16.3. The van der Waals surface area contributed by atoms with Crippen LogP contribution in [0.25, 0.3) is 6.08 Å². The molecule has 2 aromatic carbocycles. The molecule has 9 heteroatoms. The van der Waals surface area contributed by atoms with Crippen LogP contribution in [0.5, 0.6) is 11.5 Å². The molecule has 1 saturated heterocycles. The van der Waals surface area contributed by atoms with Gasteiger partial charge in [0.15, 0.2) is 18.1 Å². The fraction of sp³-hybridized carbons (Fsp3) is 0.190. The van der Waals surface area contributed by atoms with E-state index < -0.39 is 17.9 Å². The molecule has 0 unspecified atom stereocenters. The highest BCUT2D eigenvalue weighted by molar-refractivity contribution is 6.32. The van der Waals surface area contributed by atoms with Gasteiger partial charge in [0.25, 0.3) is 5.91 Å². The minimum Gasteiger partial charge on any atom is -0.490 e. The molecule has 0 spiro atoms. The topological polar surface area (TPSA) is 94.2 Å². The lowest BCUT2D eigenvalue weighted by Crippen LogP contribution is -2.30. The number of hydrogen-bond acceptors (Lipinski definition) is 6. The molecule has 1 aliphatic rings. The summed E-state index contributed by atoms with van der Waals surface area (Å²) in [6, 6.07) is 11.2. The lowest BCUT2D eigenvalue weighted by atomic mass is 10.1. The van der Waals surface area contributed by atoms with Crippen molar-refractivity contribution in [2.24, 2.45) is 0 Å². The molecule has 30 heavy (non-hydrogen) atoms. The zero-order chi connectivity index (χ0) is 21.7. The number of anilines is 1. The van der Waals surface area contributed by atoms with Crippen LogP contribution in [0, 0.1) is 0 Å². The fourth-order valence-electron chi connectivity index (χ4n) is 2.78. The smallest absolute Gasteiger partial charge is 0.343 e. The van der Waals surface area contributed by atoms with Crippen molar-refractivity contribution in [2.75, 3.05) is 25.2 Å². The first-order chi connectivity index (χ1) is 14.4. The van der Waals surface area contributed by atoms with Crippen LogP contribution in [0.4, 0.5) is 10.5 Å². The summed E-state index contributed by atoms with van der Waals surface area (Å²) in [6.07, 6.45) is 1.49. The molecular weight excluding hydrogens is 412 g/mol. The summed E-state index contributed by atoms with van der Waals surface area (Å²) in [6.45, 7) is 1.77. The molecule has 3 amide bonds. The number of hydrogen-bond donors (Lipinski definition) is 1. The molecule has 1 fully saturated rings. The van der Waals surface area contributed by atoms with Crippen LogP contribution in [0.3, 0.4) is 0 Å². The van der Waals surface area contributed by atoms with Crippen molar-refractivity contribution in [3.05, 3.63) is 58.7 Å². The van der Waals surface area contributed by atoms with Gasteiger partial charge in [-0.25, -0.2) is 14.5 Å². The molecule has 0 aromatic heterocycles. The van der Waals surface area contributed by atoms with Crippen molar-refractivity contribution in [1.29, 1.82) is 0 Å². The van der Waals surface area contributed by atoms with Crippen LogP contribution >= 0.6 is 11.6 Å². The van der Waals surface area contributed by atoms with Crippen molar-refractivity contribution < 1.29 is 28.6 Å². The number of para-hydroxylation sites is 1. The maximum atomic E-state index is 12.7. The number of rotatable bonds is 7. The molecule has 1 aliphatic heterocycles. The number of nitrogens with one attached hydrogen (secondary N) is 1. The molecule has 8 nitrogen and oxygen atoms in total. The number of urea groups is 1. The van der Waals surface area contributed by atoms with Crippen molar-refractivity contribution in [2.45, 2.75) is 6.92 Å². The number of imide groups is 1. The van der Waals surface area contributed by atoms with E-state index in [2.05, 4.69) is 10.1 Å². The van der Waals surface area contributed by atoms with Gasteiger partial charge >= 0.3 is 12.0 Å². The number of benzene rings is 2. The number of carbonyl (C=O) groups excluding carboxylic acids is 3. The Morgan fingerprint density at radius 3 is 2.57 bits per heavy atom. The first-order valence-corrected chi connectivity index (χ1v) is 9.40. The molecule has 156 valence electrons. The van der Waals surface area contributed by atoms with Gasteiger partial charge in [0.2, 0.25) is 0 Å². The molecule has 1 N–H and O–H groups in total. The van der Waals surface area contributed by atoms with E-state index in [0.717, 1.165) is 4.90 Å². The van der Waals surface area contributed by atoms with Gasteiger partial charge in [-0.05, 0) is 42.8 Å². The number of ether oxygens (including phenoxy) is 3. The molecule has 1 heterocycles. The largest absolute Gasteiger partial charge is 0.490 e. The van der Waals surface area contributed by atoms with Crippen molar-refractivity contribution >= 4 is 41.3 Å². The Hall–Kier alpha value is -3.52. The Labute approximate surface area is 178 Å². The molecular formula is C21H19ClN2O6. The number of amides is 3. The quantitative estimate of drug-likeness (QED) is 0.411. The molecule has 0 atom stereocenters. The van der Waals surface area contributed by atoms with Crippen LogP contribution in [-0.4, -0.2) is 38.2 Å². The van der Waals surface area contributed by atoms with Gasteiger partial charge in [-0.1, -0.05) is 29.8 Å². The minimum atomic E-state index is -0.569. The van der Waals surface area contributed by atoms with Crippen LogP contribution in [0.15, 0.2) is 48.2 Å². The number of halogens is 1. The first kappa shape index (κ1) is 21.2. The van der Waals surface area contributed by atoms with E-state index in [1.807, 2.05) is 0 Å². The summed E-state index contributed by atoms with van der Waals surface area (Å²) < 4.78 is 15.5. The Kier molecular flexibility index (Phi) is 6.58. The van der Waals surface area contributed by atoms with Gasteiger partial charge in [-0.15, -0.1) is 0 Å². The highest BCUT2D eigenvalue weighted by Crippen LogP contribution is 2.37. The van der Waals surface area contributed by atoms with Gasteiger partial charge in [-0.3, -0.25) is 4.79 Å². The van der Waals surface area contributed by atoms with Crippen LogP contribution < -0.4 is 19.7 Å². The van der Waals surface area contributed by atoms with Crippen molar-refractivity contribution in [3.63, 3.8) is 0 Å². The van der Waals surface area contributed by atoms with E-state index in [1.165, 1.54) is 19.3 Å². The maximum Gasteiger partial charge on any atom is 0.343 e. The Bertz CT molecular complexity index is 1010. The normalized spacial score (nSPS) is 14.6. The average molecular weight is 431 g/mol. The van der Waals surface area contributed by atoms with Crippen LogP contribution in [0.2, 0.25) is 5.02 Å².